The molecular weight excluding hydrogens is 379 g/mol. The molecule has 2 saturated heterocycles. The van der Waals surface area contributed by atoms with Crippen LogP contribution in [0.25, 0.3) is 10.8 Å². The van der Waals surface area contributed by atoms with E-state index in [-0.39, 0.29) is 11.7 Å². The largest absolute Gasteiger partial charge is 0.366 e. The van der Waals surface area contributed by atoms with Gasteiger partial charge in [0, 0.05) is 56.4 Å². The molecule has 154 valence electrons. The molecule has 30 heavy (non-hydrogen) atoms. The summed E-state index contributed by atoms with van der Waals surface area (Å²) in [6.07, 6.45) is 3.99. The van der Waals surface area contributed by atoms with Crippen LogP contribution < -0.4 is 9.80 Å². The summed E-state index contributed by atoms with van der Waals surface area (Å²) < 4.78 is 14.1. The van der Waals surface area contributed by atoms with E-state index in [1.807, 2.05) is 47.5 Å². The maximum Gasteiger partial charge on any atom is 0.253 e. The van der Waals surface area contributed by atoms with E-state index in [0.29, 0.717) is 5.69 Å². The fourth-order valence-corrected chi connectivity index (χ4v) is 4.51. The predicted molar refractivity (Wildman–Crippen MR) is 118 cm³/mol. The molecule has 2 aromatic carbocycles. The van der Waals surface area contributed by atoms with Crippen molar-refractivity contribution in [2.75, 3.05) is 49.1 Å². The first-order valence-corrected chi connectivity index (χ1v) is 10.6. The molecule has 0 radical (unpaired) electrons. The Bertz CT molecular complexity index is 1070. The lowest BCUT2D eigenvalue weighted by atomic mass is 10.1. The Labute approximate surface area is 175 Å². The smallest absolute Gasteiger partial charge is 0.253 e. The summed E-state index contributed by atoms with van der Waals surface area (Å²) in [5.74, 6) is 0.824. The minimum Gasteiger partial charge on any atom is -0.366 e. The highest BCUT2D eigenvalue weighted by atomic mass is 19.1. The summed E-state index contributed by atoms with van der Waals surface area (Å²) >= 11 is 0. The van der Waals surface area contributed by atoms with Crippen LogP contribution in [0.4, 0.5) is 15.9 Å². The van der Waals surface area contributed by atoms with Crippen molar-refractivity contribution >= 4 is 28.2 Å². The van der Waals surface area contributed by atoms with Gasteiger partial charge in [-0.1, -0.05) is 18.2 Å². The number of carbonyl (C=O) groups excluding carboxylic acids is 1. The second-order valence-corrected chi connectivity index (χ2v) is 8.00. The summed E-state index contributed by atoms with van der Waals surface area (Å²) in [7, 11) is 0. The predicted octanol–water partition coefficient (Wildman–Crippen LogP) is 3.94. The summed E-state index contributed by atoms with van der Waals surface area (Å²) in [4.78, 5) is 23.8. The number of pyridine rings is 1. The molecule has 0 atom stereocenters. The number of hydrogen-bond acceptors (Lipinski definition) is 4. The van der Waals surface area contributed by atoms with Crippen molar-refractivity contribution in [2.45, 2.75) is 12.8 Å². The van der Waals surface area contributed by atoms with Crippen LogP contribution in [0.1, 0.15) is 23.2 Å². The number of amides is 1. The molecule has 6 heteroatoms. The molecule has 5 rings (SSSR count). The monoisotopic (exact) mass is 404 g/mol. The van der Waals surface area contributed by atoms with Gasteiger partial charge < -0.3 is 14.7 Å². The summed E-state index contributed by atoms with van der Waals surface area (Å²) in [6.45, 7) is 4.65. The van der Waals surface area contributed by atoms with Gasteiger partial charge in [-0.05, 0) is 48.6 Å². The molecule has 2 aliphatic rings. The molecular formula is C24H25FN4O. The van der Waals surface area contributed by atoms with Crippen molar-refractivity contribution in [1.82, 2.24) is 9.88 Å². The Morgan fingerprint density at radius 1 is 0.867 bits per heavy atom. The van der Waals surface area contributed by atoms with Crippen molar-refractivity contribution in [2.24, 2.45) is 0 Å². The molecule has 2 aliphatic heterocycles. The third-order valence-electron chi connectivity index (χ3n) is 6.16. The fraction of sp³-hybridized carbons (Fsp3) is 0.333. The molecule has 0 aliphatic carbocycles. The van der Waals surface area contributed by atoms with Gasteiger partial charge >= 0.3 is 0 Å². The first kappa shape index (κ1) is 18.9. The minimum atomic E-state index is -0.181. The lowest BCUT2D eigenvalue weighted by Crippen LogP contribution is -2.47. The van der Waals surface area contributed by atoms with Crippen LogP contribution in [0, 0.1) is 5.82 Å². The number of halogens is 1. The Morgan fingerprint density at radius 3 is 2.37 bits per heavy atom. The van der Waals surface area contributed by atoms with Gasteiger partial charge in [-0.2, -0.15) is 0 Å². The summed E-state index contributed by atoms with van der Waals surface area (Å²) in [5, 5.41) is 2.08. The second-order valence-electron chi connectivity index (χ2n) is 8.00. The number of likely N-dealkylation sites (tertiary alicyclic amines) is 1. The average Bonchev–Trinajstić information content (AvgIpc) is 3.33. The SMILES string of the molecule is O=C(c1ccc2ccnc(N3CCN(c4ccccc4F)CC3)c2c1)N1CCCC1. The number of aromatic nitrogens is 1. The molecule has 0 spiro atoms. The number of carbonyl (C=O) groups is 1. The van der Waals surface area contributed by atoms with Crippen LogP contribution in [-0.2, 0) is 0 Å². The lowest BCUT2D eigenvalue weighted by molar-refractivity contribution is 0.0793. The lowest BCUT2D eigenvalue weighted by Gasteiger charge is -2.37. The van der Waals surface area contributed by atoms with Gasteiger partial charge in [-0.25, -0.2) is 9.37 Å². The van der Waals surface area contributed by atoms with E-state index in [4.69, 9.17) is 0 Å². The molecule has 2 fully saturated rings. The fourth-order valence-electron chi connectivity index (χ4n) is 4.51. The van der Waals surface area contributed by atoms with Crippen LogP contribution in [0.15, 0.2) is 54.7 Å². The molecule has 1 aromatic heterocycles. The first-order valence-electron chi connectivity index (χ1n) is 10.6. The molecule has 1 amide bonds. The third-order valence-corrected chi connectivity index (χ3v) is 6.16. The average molecular weight is 404 g/mol. The van der Waals surface area contributed by atoms with Crippen molar-refractivity contribution in [3.63, 3.8) is 0 Å². The van der Waals surface area contributed by atoms with Crippen LogP contribution in [-0.4, -0.2) is 55.1 Å². The third kappa shape index (κ3) is 3.47. The van der Waals surface area contributed by atoms with E-state index in [1.54, 1.807) is 6.07 Å². The zero-order valence-corrected chi connectivity index (χ0v) is 16.9. The van der Waals surface area contributed by atoms with E-state index in [2.05, 4.69) is 14.8 Å². The Balaban J connectivity index is 1.40. The molecule has 0 saturated carbocycles. The number of piperazine rings is 1. The number of rotatable bonds is 3. The van der Waals surface area contributed by atoms with E-state index >= 15 is 0 Å². The maximum absolute atomic E-state index is 14.1. The Hall–Kier alpha value is -3.15. The molecule has 5 nitrogen and oxygen atoms in total. The molecule has 0 unspecified atom stereocenters. The van der Waals surface area contributed by atoms with Crippen molar-refractivity contribution in [3.05, 3.63) is 66.1 Å². The highest BCUT2D eigenvalue weighted by molar-refractivity contribution is 6.01. The van der Waals surface area contributed by atoms with Gasteiger partial charge in [-0.15, -0.1) is 0 Å². The van der Waals surface area contributed by atoms with Crippen molar-refractivity contribution in [3.8, 4) is 0 Å². The molecule has 0 N–H and O–H groups in total. The number of anilines is 2. The quantitative estimate of drug-likeness (QED) is 0.663. The Morgan fingerprint density at radius 2 is 1.60 bits per heavy atom. The van der Waals surface area contributed by atoms with Gasteiger partial charge in [0.1, 0.15) is 11.6 Å². The molecule has 3 heterocycles. The number of hydrogen-bond donors (Lipinski definition) is 0. The topological polar surface area (TPSA) is 39.7 Å². The highest BCUT2D eigenvalue weighted by Gasteiger charge is 2.23. The number of benzene rings is 2. The zero-order valence-electron chi connectivity index (χ0n) is 16.9. The van der Waals surface area contributed by atoms with E-state index < -0.39 is 0 Å². The van der Waals surface area contributed by atoms with E-state index in [9.17, 15) is 9.18 Å². The summed E-state index contributed by atoms with van der Waals surface area (Å²) in [5.41, 5.74) is 1.38. The molecule has 0 bridgehead atoms. The van der Waals surface area contributed by atoms with Crippen molar-refractivity contribution < 1.29 is 9.18 Å². The minimum absolute atomic E-state index is 0.105. The van der Waals surface area contributed by atoms with Gasteiger partial charge in [0.2, 0.25) is 0 Å². The van der Waals surface area contributed by atoms with Gasteiger partial charge in [0.25, 0.3) is 5.91 Å². The molecule has 3 aromatic rings. The van der Waals surface area contributed by atoms with Gasteiger partial charge in [0.15, 0.2) is 0 Å². The Kier molecular flexibility index (Phi) is 4.99. The maximum atomic E-state index is 14.1. The first-order chi connectivity index (χ1) is 14.7. The zero-order chi connectivity index (χ0) is 20.5. The highest BCUT2D eigenvalue weighted by Crippen LogP contribution is 2.28. The summed E-state index contributed by atoms with van der Waals surface area (Å²) in [6, 6.07) is 14.8. The van der Waals surface area contributed by atoms with Gasteiger partial charge in [0.05, 0.1) is 5.69 Å². The van der Waals surface area contributed by atoms with Crippen LogP contribution in [0.3, 0.4) is 0 Å². The van der Waals surface area contributed by atoms with E-state index in [1.165, 1.54) is 6.07 Å². The second kappa shape index (κ2) is 7.94. The van der Waals surface area contributed by atoms with Crippen LogP contribution in [0.5, 0.6) is 0 Å². The standard InChI is InChI=1S/C24H25FN4O/c25-21-5-1-2-6-22(21)27-13-15-28(16-14-27)23-20-17-19(8-7-18(20)9-10-26-23)24(30)29-11-3-4-12-29/h1-2,5-10,17H,3-4,11-16H2. The normalized spacial score (nSPS) is 17.0. The number of para-hydroxylation sites is 1. The number of nitrogens with zero attached hydrogens (tertiary/aromatic N) is 4. The van der Waals surface area contributed by atoms with E-state index in [0.717, 1.165) is 74.3 Å². The van der Waals surface area contributed by atoms with Crippen LogP contribution in [0.2, 0.25) is 0 Å². The van der Waals surface area contributed by atoms with Crippen LogP contribution >= 0.6 is 0 Å². The number of fused-ring (bicyclic) bond motifs is 1. The van der Waals surface area contributed by atoms with Crippen molar-refractivity contribution in [1.29, 1.82) is 0 Å². The van der Waals surface area contributed by atoms with Gasteiger partial charge in [-0.3, -0.25) is 4.79 Å².